The molecule has 1 aliphatic heterocycles. The molecule has 8 nitrogen and oxygen atoms in total. The average Bonchev–Trinajstić information content (AvgIpc) is 3.58. The van der Waals surface area contributed by atoms with Gasteiger partial charge < -0.3 is 16.3 Å². The number of benzene rings is 3. The number of hydrogen-bond acceptors (Lipinski definition) is 7. The lowest BCUT2D eigenvalue weighted by Gasteiger charge is -2.26. The van der Waals surface area contributed by atoms with Crippen molar-refractivity contribution in [2.75, 3.05) is 24.1 Å². The summed E-state index contributed by atoms with van der Waals surface area (Å²) in [5.74, 6) is -3.08. The van der Waals surface area contributed by atoms with Gasteiger partial charge in [-0.3, -0.25) is 9.59 Å². The molecule has 3 aromatic carbocycles. The highest BCUT2D eigenvalue weighted by molar-refractivity contribution is 7.86. The number of ketones is 2. The van der Waals surface area contributed by atoms with Gasteiger partial charge in [-0.25, -0.2) is 8.44 Å². The van der Waals surface area contributed by atoms with Crippen molar-refractivity contribution in [3.05, 3.63) is 87.4 Å². The molecule has 0 spiro atoms. The number of fused-ring (bicyclic) bond motifs is 2. The summed E-state index contributed by atoms with van der Waals surface area (Å²) in [6.07, 6.45) is -5.04. The maximum absolute atomic E-state index is 13.8. The number of quaternary nitrogens is 1. The topological polar surface area (TPSA) is 129 Å². The van der Waals surface area contributed by atoms with Crippen LogP contribution in [-0.4, -0.2) is 37.1 Å². The minimum Gasteiger partial charge on any atom is -0.616 e. The van der Waals surface area contributed by atoms with Gasteiger partial charge in [0, 0.05) is 16.8 Å². The number of carbonyl (C=O) groups is 2. The molecule has 1 fully saturated rings. The summed E-state index contributed by atoms with van der Waals surface area (Å²) in [6.45, 7) is -0.519. The van der Waals surface area contributed by atoms with E-state index in [1.807, 2.05) is 0 Å². The summed E-state index contributed by atoms with van der Waals surface area (Å²) < 4.78 is 77.9. The molecule has 3 N–H and O–H groups in total. The van der Waals surface area contributed by atoms with Crippen LogP contribution in [0.15, 0.2) is 53.4 Å². The predicted molar refractivity (Wildman–Crippen MR) is 119 cm³/mol. The highest BCUT2D eigenvalue weighted by Gasteiger charge is 2.49. The third-order valence-corrected chi connectivity index (χ3v) is 8.19. The number of alkyl halides is 3. The Morgan fingerprint density at radius 2 is 1.53 bits per heavy atom. The lowest BCUT2D eigenvalue weighted by atomic mass is 9.82. The van der Waals surface area contributed by atoms with Crippen molar-refractivity contribution in [3.8, 4) is 0 Å². The van der Waals surface area contributed by atoms with Gasteiger partial charge in [0.05, 0.1) is 28.1 Å². The van der Waals surface area contributed by atoms with Gasteiger partial charge in [-0.15, -0.1) is 0 Å². The normalized spacial score (nSPS) is 16.4. The van der Waals surface area contributed by atoms with Gasteiger partial charge >= 0.3 is 16.2 Å². The van der Waals surface area contributed by atoms with Crippen LogP contribution in [0.25, 0.3) is 0 Å². The van der Waals surface area contributed by atoms with Gasteiger partial charge in [0.1, 0.15) is 23.8 Å². The second-order valence-corrected chi connectivity index (χ2v) is 10.4. The summed E-state index contributed by atoms with van der Waals surface area (Å²) in [5.41, 5.74) is 2.16. The molecule has 0 atom stereocenters. The summed E-state index contributed by atoms with van der Waals surface area (Å²) in [6, 6.07) is 8.43. The van der Waals surface area contributed by atoms with Crippen LogP contribution >= 0.6 is 0 Å². The number of hydroxylamine groups is 2. The lowest BCUT2D eigenvalue weighted by Crippen LogP contribution is -2.30. The fourth-order valence-electron chi connectivity index (χ4n) is 4.08. The Morgan fingerprint density at radius 1 is 0.944 bits per heavy atom. The second kappa shape index (κ2) is 7.59. The summed E-state index contributed by atoms with van der Waals surface area (Å²) in [7, 11) is -4.69. The van der Waals surface area contributed by atoms with E-state index in [0.29, 0.717) is 12.1 Å². The number of anilines is 3. The summed E-state index contributed by atoms with van der Waals surface area (Å²) >= 11 is 0. The quantitative estimate of drug-likeness (QED) is 0.137. The largest absolute Gasteiger partial charge is 0.616 e. The van der Waals surface area contributed by atoms with Crippen LogP contribution in [0.4, 0.5) is 34.6 Å². The minimum absolute atomic E-state index is 0.0265. The molecule has 186 valence electrons. The molecular formula is C23H15F4N3O5S. The van der Waals surface area contributed by atoms with Gasteiger partial charge in [-0.05, 0) is 24.3 Å². The number of nitrogens with one attached hydrogen (secondary N) is 1. The predicted octanol–water partition coefficient (Wildman–Crippen LogP) is 3.96. The Labute approximate surface area is 201 Å². The van der Waals surface area contributed by atoms with Crippen LogP contribution in [-0.2, 0) is 16.2 Å². The Balaban J connectivity index is 1.77. The lowest BCUT2D eigenvalue weighted by molar-refractivity contribution is -0.596. The maximum Gasteiger partial charge on any atom is 0.419 e. The number of carbonyl (C=O) groups excluding carboxylic acids is 2. The van der Waals surface area contributed by atoms with Gasteiger partial charge in [0.25, 0.3) is 0 Å². The molecule has 13 heteroatoms. The monoisotopic (exact) mass is 521 g/mol. The van der Waals surface area contributed by atoms with Crippen molar-refractivity contribution >= 4 is 38.7 Å². The van der Waals surface area contributed by atoms with Crippen molar-refractivity contribution in [2.45, 2.75) is 11.1 Å². The number of nitrogens with two attached hydrogens (primary N) is 1. The van der Waals surface area contributed by atoms with Gasteiger partial charge in [0.2, 0.25) is 0 Å². The molecule has 1 heterocycles. The molecule has 5 rings (SSSR count). The molecule has 2 aliphatic rings. The van der Waals surface area contributed by atoms with E-state index in [2.05, 4.69) is 5.32 Å². The third-order valence-electron chi connectivity index (χ3n) is 6.06. The number of hydrogen-bond donors (Lipinski definition) is 2. The Morgan fingerprint density at radius 3 is 2.08 bits per heavy atom. The van der Waals surface area contributed by atoms with E-state index in [4.69, 9.17) is 5.73 Å². The van der Waals surface area contributed by atoms with Crippen molar-refractivity contribution in [1.29, 1.82) is 0 Å². The first-order valence-electron chi connectivity index (χ1n) is 10.4. The zero-order valence-corrected chi connectivity index (χ0v) is 18.8. The molecule has 0 radical (unpaired) electrons. The third kappa shape index (κ3) is 3.46. The van der Waals surface area contributed by atoms with Crippen molar-refractivity contribution < 1.29 is 39.6 Å². The Kier molecular flexibility index (Phi) is 5.04. The summed E-state index contributed by atoms with van der Waals surface area (Å²) in [4.78, 5) is 25.9. The van der Waals surface area contributed by atoms with Crippen LogP contribution in [0.2, 0.25) is 0 Å². The molecule has 0 amide bonds. The number of halogens is 4. The highest BCUT2D eigenvalue weighted by atomic mass is 32.2. The highest BCUT2D eigenvalue weighted by Crippen LogP contribution is 2.43. The molecule has 0 unspecified atom stereocenters. The van der Waals surface area contributed by atoms with Crippen LogP contribution in [0, 0.1) is 11.0 Å². The number of rotatable bonds is 4. The first-order chi connectivity index (χ1) is 16.8. The van der Waals surface area contributed by atoms with Crippen molar-refractivity contribution in [2.24, 2.45) is 0 Å². The number of nitrogens with zero attached hydrogens (tertiary/aromatic N) is 1. The first-order valence-corrected chi connectivity index (χ1v) is 11.8. The van der Waals surface area contributed by atoms with E-state index in [0.717, 1.165) is 12.1 Å². The fourth-order valence-corrected chi connectivity index (χ4v) is 5.65. The molecular weight excluding hydrogens is 506 g/mol. The number of sulfonamides is 1. The average molecular weight is 521 g/mol. The molecule has 1 saturated heterocycles. The van der Waals surface area contributed by atoms with Crippen molar-refractivity contribution in [3.63, 3.8) is 0 Å². The second-order valence-electron chi connectivity index (χ2n) is 8.34. The minimum atomic E-state index is -5.04. The van der Waals surface area contributed by atoms with Crippen LogP contribution in [0.1, 0.15) is 37.4 Å². The van der Waals surface area contributed by atoms with E-state index in [9.17, 15) is 40.8 Å². The van der Waals surface area contributed by atoms with Crippen molar-refractivity contribution in [1.82, 2.24) is 0 Å². The molecule has 0 saturated carbocycles. The van der Waals surface area contributed by atoms with E-state index in [1.54, 1.807) is 0 Å². The zero-order valence-electron chi connectivity index (χ0n) is 18.0. The van der Waals surface area contributed by atoms with Gasteiger partial charge in [0.15, 0.2) is 11.6 Å². The Bertz CT molecular complexity index is 1600. The molecule has 0 aromatic heterocycles. The van der Waals surface area contributed by atoms with Gasteiger partial charge in [-0.1, -0.05) is 24.3 Å². The smallest absolute Gasteiger partial charge is 0.419 e. The maximum atomic E-state index is 13.8. The zero-order chi connectivity index (χ0) is 26.2. The van der Waals surface area contributed by atoms with E-state index in [-0.39, 0.29) is 41.2 Å². The molecule has 1 aliphatic carbocycles. The number of nitrogen functional groups attached to an aromatic ring is 1. The summed E-state index contributed by atoms with van der Waals surface area (Å²) in [5, 5.41) is 15.0. The van der Waals surface area contributed by atoms with Gasteiger partial charge in [-0.2, -0.15) is 21.6 Å². The SMILES string of the molecule is Nc1c(S(=O)(=O)[N+]2([O-])CC2)cc(Nc2ccc(F)c(C(F)(F)F)c2)c2c1C(=O)c1ccccc1C2=O. The molecule has 3 aromatic rings. The Hall–Kier alpha value is -3.81. The van der Waals surface area contributed by atoms with E-state index in [1.165, 1.54) is 24.3 Å². The van der Waals surface area contributed by atoms with Crippen LogP contribution in [0.5, 0.6) is 0 Å². The van der Waals surface area contributed by atoms with E-state index < -0.39 is 59.3 Å². The standard InChI is InChI=1S/C23H15F4N3O5S/c24-15-6-5-11(9-14(15)23(25,26)27)29-16-10-17(36(34,35)30(33)7-8-30)20(28)19-18(16)21(31)12-3-1-2-4-13(12)22(19)32/h1-6,9-10,29H,7-8,28H2. The first kappa shape index (κ1) is 23.9. The van der Waals surface area contributed by atoms with E-state index >= 15 is 0 Å². The fraction of sp³-hybridized carbons (Fsp3) is 0.130. The molecule has 36 heavy (non-hydrogen) atoms. The molecule has 0 bridgehead atoms. The van der Waals surface area contributed by atoms with Crippen LogP contribution in [0.3, 0.4) is 0 Å². The van der Waals surface area contributed by atoms with Crippen LogP contribution < -0.4 is 11.1 Å².